The van der Waals surface area contributed by atoms with Crippen LogP contribution in [-0.2, 0) is 6.18 Å². The largest absolute Gasteiger partial charge is 0.471 e. The third kappa shape index (κ3) is 3.36. The normalized spacial score (nSPS) is 11.7. The highest BCUT2D eigenvalue weighted by atomic mass is 32.1. The Morgan fingerprint density at radius 3 is 2.59 bits per heavy atom. The van der Waals surface area contributed by atoms with Crippen LogP contribution in [0.4, 0.5) is 19.0 Å². The van der Waals surface area contributed by atoms with E-state index < -0.39 is 18.0 Å². The number of alkyl halides is 3. The highest BCUT2D eigenvalue weighted by molar-refractivity contribution is 7.17. The number of hydrogen-bond acceptors (Lipinski definition) is 7. The van der Waals surface area contributed by atoms with Gasteiger partial charge in [-0.15, -0.1) is 11.3 Å². The highest BCUT2D eigenvalue weighted by Crippen LogP contribution is 2.29. The summed E-state index contributed by atoms with van der Waals surface area (Å²) in [5.41, 5.74) is 1.30. The summed E-state index contributed by atoms with van der Waals surface area (Å²) in [5, 5.41) is 7.83. The zero-order valence-corrected chi connectivity index (χ0v) is 14.0. The number of aromatic nitrogens is 4. The van der Waals surface area contributed by atoms with Crippen molar-refractivity contribution in [2.45, 2.75) is 6.18 Å². The summed E-state index contributed by atoms with van der Waals surface area (Å²) in [6.07, 6.45) is -3.36. The number of thiophene rings is 1. The van der Waals surface area contributed by atoms with Gasteiger partial charge in [-0.25, -0.2) is 9.97 Å². The van der Waals surface area contributed by atoms with E-state index in [4.69, 9.17) is 0 Å². The number of anilines is 1. The van der Waals surface area contributed by atoms with Crippen LogP contribution in [0.5, 0.6) is 0 Å². The van der Waals surface area contributed by atoms with Crippen molar-refractivity contribution in [2.24, 2.45) is 0 Å². The van der Waals surface area contributed by atoms with Crippen molar-refractivity contribution in [1.29, 1.82) is 0 Å². The summed E-state index contributed by atoms with van der Waals surface area (Å²) in [6, 6.07) is 7.57. The van der Waals surface area contributed by atoms with Crippen LogP contribution in [0.15, 0.2) is 46.6 Å². The number of carbonyl (C=O) groups is 1. The standard InChI is InChI=1S/C16H8F3N5O2S/c17-16(18,19)15-23-12(24-26-15)8-1-3-9(4-2-8)14(25)22-13-11-10(5-6-27-11)20-7-21-13/h1-7H,(H,20,21,22,25). The first-order chi connectivity index (χ1) is 12.9. The van der Waals surface area contributed by atoms with Crippen LogP contribution in [0.25, 0.3) is 21.6 Å². The van der Waals surface area contributed by atoms with Gasteiger partial charge in [0, 0.05) is 11.1 Å². The summed E-state index contributed by atoms with van der Waals surface area (Å²) < 4.78 is 42.5. The molecule has 1 amide bonds. The molecule has 0 radical (unpaired) electrons. The Balaban J connectivity index is 1.54. The van der Waals surface area contributed by atoms with Gasteiger partial charge in [-0.2, -0.15) is 18.2 Å². The number of fused-ring (bicyclic) bond motifs is 1. The van der Waals surface area contributed by atoms with Crippen LogP contribution < -0.4 is 5.32 Å². The summed E-state index contributed by atoms with van der Waals surface area (Å²) in [6.45, 7) is 0. The van der Waals surface area contributed by atoms with E-state index in [1.807, 2.05) is 11.4 Å². The van der Waals surface area contributed by atoms with Gasteiger partial charge in [0.05, 0.1) is 10.2 Å². The average molecular weight is 391 g/mol. The molecule has 136 valence electrons. The molecule has 0 bridgehead atoms. The number of nitrogens with zero attached hydrogens (tertiary/aromatic N) is 4. The number of rotatable bonds is 3. The van der Waals surface area contributed by atoms with E-state index in [1.54, 1.807) is 0 Å². The van der Waals surface area contributed by atoms with Crippen molar-refractivity contribution in [3.05, 3.63) is 53.5 Å². The Bertz CT molecular complexity index is 1120. The zero-order chi connectivity index (χ0) is 19.0. The fraction of sp³-hybridized carbons (Fsp3) is 0.0625. The van der Waals surface area contributed by atoms with E-state index >= 15 is 0 Å². The Morgan fingerprint density at radius 1 is 1.11 bits per heavy atom. The van der Waals surface area contributed by atoms with Gasteiger partial charge in [0.2, 0.25) is 5.82 Å². The number of amides is 1. The first kappa shape index (κ1) is 17.1. The summed E-state index contributed by atoms with van der Waals surface area (Å²) >= 11 is 1.40. The molecular weight excluding hydrogens is 383 g/mol. The van der Waals surface area contributed by atoms with Gasteiger partial charge in [0.15, 0.2) is 5.82 Å². The maximum absolute atomic E-state index is 12.5. The second-order valence-electron chi connectivity index (χ2n) is 5.31. The van der Waals surface area contributed by atoms with Crippen LogP contribution in [0.2, 0.25) is 0 Å². The average Bonchev–Trinajstić information content (AvgIpc) is 3.31. The summed E-state index contributed by atoms with van der Waals surface area (Å²) in [7, 11) is 0. The fourth-order valence-corrected chi connectivity index (χ4v) is 3.07. The van der Waals surface area contributed by atoms with E-state index in [1.165, 1.54) is 41.9 Å². The van der Waals surface area contributed by atoms with E-state index in [0.717, 1.165) is 10.2 Å². The summed E-state index contributed by atoms with van der Waals surface area (Å²) in [5.74, 6) is -1.68. The molecule has 0 saturated carbocycles. The number of nitrogens with one attached hydrogen (secondary N) is 1. The lowest BCUT2D eigenvalue weighted by Gasteiger charge is -2.05. The second kappa shape index (κ2) is 6.43. The van der Waals surface area contributed by atoms with Crippen molar-refractivity contribution in [3.63, 3.8) is 0 Å². The molecule has 0 spiro atoms. The maximum atomic E-state index is 12.5. The zero-order valence-electron chi connectivity index (χ0n) is 13.2. The molecule has 4 rings (SSSR count). The van der Waals surface area contributed by atoms with Crippen molar-refractivity contribution in [1.82, 2.24) is 20.1 Å². The molecule has 1 aromatic carbocycles. The van der Waals surface area contributed by atoms with Crippen molar-refractivity contribution >= 4 is 33.3 Å². The number of halogens is 3. The fourth-order valence-electron chi connectivity index (χ4n) is 2.28. The summed E-state index contributed by atoms with van der Waals surface area (Å²) in [4.78, 5) is 23.9. The Morgan fingerprint density at radius 2 is 1.89 bits per heavy atom. The van der Waals surface area contributed by atoms with Gasteiger partial charge in [-0.3, -0.25) is 4.79 Å². The van der Waals surface area contributed by atoms with Crippen LogP contribution in [-0.4, -0.2) is 26.0 Å². The third-order valence-electron chi connectivity index (χ3n) is 3.55. The van der Waals surface area contributed by atoms with Crippen LogP contribution in [0.3, 0.4) is 0 Å². The van der Waals surface area contributed by atoms with Gasteiger partial charge in [0.1, 0.15) is 6.33 Å². The molecule has 0 saturated heterocycles. The monoisotopic (exact) mass is 391 g/mol. The van der Waals surface area contributed by atoms with E-state index in [9.17, 15) is 18.0 Å². The molecule has 4 aromatic rings. The second-order valence-corrected chi connectivity index (χ2v) is 6.23. The van der Waals surface area contributed by atoms with Crippen LogP contribution in [0.1, 0.15) is 16.2 Å². The van der Waals surface area contributed by atoms with Gasteiger partial charge in [-0.1, -0.05) is 17.3 Å². The van der Waals surface area contributed by atoms with E-state index in [-0.39, 0.29) is 11.4 Å². The molecule has 1 N–H and O–H groups in total. The maximum Gasteiger partial charge on any atom is 0.471 e. The SMILES string of the molecule is O=C(Nc1ncnc2ccsc12)c1ccc(-c2noc(C(F)(F)F)n2)cc1. The molecule has 0 aliphatic carbocycles. The van der Waals surface area contributed by atoms with E-state index in [0.29, 0.717) is 11.4 Å². The predicted octanol–water partition coefficient (Wildman–Crippen LogP) is 4.01. The first-order valence-electron chi connectivity index (χ1n) is 7.43. The Kier molecular flexibility index (Phi) is 4.07. The minimum absolute atomic E-state index is 0.217. The quantitative estimate of drug-likeness (QED) is 0.567. The minimum atomic E-state index is -4.71. The smallest absolute Gasteiger partial charge is 0.329 e. The van der Waals surface area contributed by atoms with E-state index in [2.05, 4.69) is 29.9 Å². The van der Waals surface area contributed by atoms with Gasteiger partial charge >= 0.3 is 12.1 Å². The lowest BCUT2D eigenvalue weighted by Crippen LogP contribution is -2.13. The van der Waals surface area contributed by atoms with Gasteiger partial charge in [-0.05, 0) is 23.6 Å². The molecule has 3 heterocycles. The topological polar surface area (TPSA) is 93.8 Å². The molecule has 0 fully saturated rings. The minimum Gasteiger partial charge on any atom is -0.329 e. The van der Waals surface area contributed by atoms with Crippen molar-refractivity contribution in [2.75, 3.05) is 5.32 Å². The highest BCUT2D eigenvalue weighted by Gasteiger charge is 2.38. The number of carbonyl (C=O) groups excluding carboxylic acids is 1. The lowest BCUT2D eigenvalue weighted by molar-refractivity contribution is -0.159. The molecule has 11 heteroatoms. The van der Waals surface area contributed by atoms with Crippen LogP contribution in [0, 0.1) is 0 Å². The number of benzene rings is 1. The third-order valence-corrected chi connectivity index (χ3v) is 4.46. The predicted molar refractivity (Wildman–Crippen MR) is 90.1 cm³/mol. The molecular formula is C16H8F3N5O2S. The molecule has 7 nitrogen and oxygen atoms in total. The molecule has 0 atom stereocenters. The van der Waals surface area contributed by atoms with Gasteiger partial charge < -0.3 is 9.84 Å². The lowest BCUT2D eigenvalue weighted by atomic mass is 10.1. The molecule has 0 unspecified atom stereocenters. The molecule has 0 aliphatic heterocycles. The Hall–Kier alpha value is -3.34. The molecule has 27 heavy (non-hydrogen) atoms. The van der Waals surface area contributed by atoms with Crippen molar-refractivity contribution < 1.29 is 22.5 Å². The Labute approximate surface area is 152 Å². The molecule has 0 aliphatic rings. The van der Waals surface area contributed by atoms with Crippen molar-refractivity contribution in [3.8, 4) is 11.4 Å². The van der Waals surface area contributed by atoms with Crippen LogP contribution >= 0.6 is 11.3 Å². The van der Waals surface area contributed by atoms with Gasteiger partial charge in [0.25, 0.3) is 5.91 Å². The number of hydrogen-bond donors (Lipinski definition) is 1. The first-order valence-corrected chi connectivity index (χ1v) is 8.31. The molecule has 3 aromatic heterocycles.